The number of hydrogen-bond acceptors (Lipinski definition) is 11. The molecule has 3 N–H and O–H groups in total. The molecule has 2 aliphatic heterocycles. The number of benzene rings is 2. The van der Waals surface area contributed by atoms with Crippen LogP contribution in [0.25, 0.3) is 33.3 Å². The molecule has 2 aliphatic rings. The number of phenols is 1. The van der Waals surface area contributed by atoms with Gasteiger partial charge in [-0.1, -0.05) is 39.8 Å². The van der Waals surface area contributed by atoms with Crippen LogP contribution in [0.2, 0.25) is 0 Å². The molecule has 0 radical (unpaired) electrons. The molecule has 2 fully saturated rings. The fourth-order valence-electron chi connectivity index (χ4n) is 8.96. The van der Waals surface area contributed by atoms with E-state index in [2.05, 4.69) is 53.2 Å². The summed E-state index contributed by atoms with van der Waals surface area (Å²) < 4.78 is 24.2. The van der Waals surface area contributed by atoms with E-state index in [4.69, 9.17) is 18.9 Å². The van der Waals surface area contributed by atoms with Gasteiger partial charge in [0.25, 0.3) is 12.4 Å². The van der Waals surface area contributed by atoms with E-state index in [0.717, 1.165) is 51.7 Å². The molecule has 4 aromatic rings. The first kappa shape index (κ1) is 47.0. The zero-order valence-corrected chi connectivity index (χ0v) is 37.9. The van der Waals surface area contributed by atoms with E-state index >= 15 is 0 Å². The minimum Gasteiger partial charge on any atom is -0.508 e. The number of aryl methyl sites for hydroxylation is 1. The van der Waals surface area contributed by atoms with Crippen molar-refractivity contribution in [1.82, 2.24) is 30.2 Å². The maximum atomic E-state index is 14.4. The van der Waals surface area contributed by atoms with Crippen molar-refractivity contribution in [2.45, 2.75) is 111 Å². The first-order valence-corrected chi connectivity index (χ1v) is 22.0. The fourth-order valence-corrected chi connectivity index (χ4v) is 8.96. The van der Waals surface area contributed by atoms with E-state index in [0.29, 0.717) is 63.4 Å². The van der Waals surface area contributed by atoms with Crippen molar-refractivity contribution in [2.75, 3.05) is 40.5 Å². The van der Waals surface area contributed by atoms with Crippen LogP contribution in [0, 0.1) is 11.3 Å². The van der Waals surface area contributed by atoms with Crippen molar-refractivity contribution in [3.05, 3.63) is 71.5 Å². The average Bonchev–Trinajstić information content (AvgIpc) is 3.87. The topological polar surface area (TPSA) is 174 Å². The van der Waals surface area contributed by atoms with Crippen LogP contribution in [0.4, 0.5) is 4.79 Å². The van der Waals surface area contributed by atoms with Gasteiger partial charge in [-0.05, 0) is 97.2 Å². The second-order valence-electron chi connectivity index (χ2n) is 18.0. The number of carbonyl (C=O) groups is 4. The SMILES string of the molecule is CCn1c(-c2cnccc2COC)c(CC(C)(C)COC=O)c2cc(-c3cc(O)cc(CC(NC(=O)C(C(C)C)N(C)C(=O)OC4CCOC4)C(=O)N4CCC[C@@H](C)N4)c3)ccc21. The van der Waals surface area contributed by atoms with Crippen LogP contribution < -0.4 is 10.7 Å². The highest BCUT2D eigenvalue weighted by molar-refractivity contribution is 5.96. The number of fused-ring (bicyclic) bond motifs is 1. The van der Waals surface area contributed by atoms with Gasteiger partial charge >= 0.3 is 6.09 Å². The molecule has 2 aromatic carbocycles. The van der Waals surface area contributed by atoms with Crippen LogP contribution in [-0.2, 0) is 59.3 Å². The average molecular weight is 869 g/mol. The Morgan fingerprint density at radius 3 is 2.60 bits per heavy atom. The molecule has 3 amide bonds. The summed E-state index contributed by atoms with van der Waals surface area (Å²) in [4.78, 5) is 59.0. The highest BCUT2D eigenvalue weighted by Gasteiger charge is 2.37. The molecule has 6 rings (SSSR count). The molecule has 2 saturated heterocycles. The number of nitrogens with zero attached hydrogens (tertiary/aromatic N) is 4. The molecule has 2 aromatic heterocycles. The molecule has 4 atom stereocenters. The Bertz CT molecular complexity index is 2250. The third-order valence-corrected chi connectivity index (χ3v) is 11.9. The Labute approximate surface area is 370 Å². The van der Waals surface area contributed by atoms with Gasteiger partial charge in [-0.2, -0.15) is 0 Å². The Morgan fingerprint density at radius 1 is 1.13 bits per heavy atom. The smallest absolute Gasteiger partial charge is 0.410 e. The number of hydrazine groups is 1. The van der Waals surface area contributed by atoms with Gasteiger partial charge in [0.2, 0.25) is 5.91 Å². The third kappa shape index (κ3) is 11.2. The normalized spacial score (nSPS) is 17.7. The predicted octanol–water partition coefficient (Wildman–Crippen LogP) is 6.41. The van der Waals surface area contributed by atoms with Crippen LogP contribution >= 0.6 is 0 Å². The summed E-state index contributed by atoms with van der Waals surface area (Å²) >= 11 is 0. The first-order chi connectivity index (χ1) is 30.1. The van der Waals surface area contributed by atoms with E-state index in [-0.39, 0.29) is 42.7 Å². The van der Waals surface area contributed by atoms with Gasteiger partial charge in [-0.15, -0.1) is 0 Å². The Morgan fingerprint density at radius 2 is 1.92 bits per heavy atom. The molecule has 4 heterocycles. The molecule has 0 spiro atoms. The zero-order chi connectivity index (χ0) is 45.4. The number of amides is 3. The number of likely N-dealkylation sites (N-methyl/N-ethyl adjacent to an activating group) is 1. The van der Waals surface area contributed by atoms with Gasteiger partial charge in [0.1, 0.15) is 23.9 Å². The van der Waals surface area contributed by atoms with Gasteiger partial charge < -0.3 is 33.9 Å². The molecule has 340 valence electrons. The maximum Gasteiger partial charge on any atom is 0.410 e. The summed E-state index contributed by atoms with van der Waals surface area (Å²) in [6, 6.07) is 11.5. The van der Waals surface area contributed by atoms with Crippen molar-refractivity contribution in [2.24, 2.45) is 11.3 Å². The lowest BCUT2D eigenvalue weighted by molar-refractivity contribution is -0.142. The van der Waals surface area contributed by atoms with Gasteiger partial charge in [0.15, 0.2) is 0 Å². The number of aromatic hydroxyl groups is 1. The number of aromatic nitrogens is 2. The van der Waals surface area contributed by atoms with Crippen LogP contribution in [0.3, 0.4) is 0 Å². The standard InChI is InChI=1S/C48H64N6O9/c1-9-53-42-13-12-33(23-38(42)39(24-48(5,6)28-62-29-55)44(53)40-25-49-16-14-34(40)26-60-8)35-19-32(20-36(56)22-35)21-41(46(58)54-17-10-11-31(4)51-54)50-45(57)43(30(2)3)52(7)47(59)63-37-15-18-61-27-37/h12-14,16,19-20,22-23,25,29-31,37,41,43,51,56H,9-11,15,17-18,21,24,26-28H2,1-8H3,(H,50,57)/t31-,37?,41?,43?/m1/s1. The summed E-state index contributed by atoms with van der Waals surface area (Å²) in [7, 11) is 3.20. The van der Waals surface area contributed by atoms with Crippen LogP contribution in [0.5, 0.6) is 5.75 Å². The van der Waals surface area contributed by atoms with E-state index in [9.17, 15) is 24.3 Å². The molecule has 0 aliphatic carbocycles. The molecule has 63 heavy (non-hydrogen) atoms. The Balaban J connectivity index is 1.39. The second-order valence-corrected chi connectivity index (χ2v) is 18.0. The molecule has 15 heteroatoms. The van der Waals surface area contributed by atoms with E-state index in [1.807, 2.05) is 45.2 Å². The lowest BCUT2D eigenvalue weighted by atomic mass is 9.84. The number of hydrogen-bond donors (Lipinski definition) is 3. The number of rotatable bonds is 18. The number of methoxy groups -OCH3 is 1. The minimum atomic E-state index is -1.04. The number of phenolic OH excluding ortho intramolecular Hbond substituents is 1. The monoisotopic (exact) mass is 868 g/mol. The number of pyridine rings is 1. The van der Waals surface area contributed by atoms with Crippen molar-refractivity contribution in [3.63, 3.8) is 0 Å². The molecule has 3 unspecified atom stereocenters. The summed E-state index contributed by atoms with van der Waals surface area (Å²) in [5.74, 6) is -1.12. The van der Waals surface area contributed by atoms with Crippen molar-refractivity contribution < 1.29 is 43.2 Å². The van der Waals surface area contributed by atoms with E-state index in [1.165, 1.54) is 11.9 Å². The van der Waals surface area contributed by atoms with Crippen LogP contribution in [0.1, 0.15) is 77.5 Å². The highest BCUT2D eigenvalue weighted by Crippen LogP contribution is 2.41. The molecule has 0 saturated carbocycles. The number of ether oxygens (including phenoxy) is 4. The molecular formula is C48H64N6O9. The molecule has 15 nitrogen and oxygen atoms in total. The largest absolute Gasteiger partial charge is 0.508 e. The zero-order valence-electron chi connectivity index (χ0n) is 37.9. The number of carbonyl (C=O) groups excluding carboxylic acids is 4. The maximum absolute atomic E-state index is 14.4. The summed E-state index contributed by atoms with van der Waals surface area (Å²) in [5, 5.41) is 16.8. The van der Waals surface area contributed by atoms with Crippen molar-refractivity contribution in [1.29, 1.82) is 0 Å². The first-order valence-electron chi connectivity index (χ1n) is 22.0. The van der Waals surface area contributed by atoms with E-state index < -0.39 is 29.5 Å². The second kappa shape index (κ2) is 20.8. The van der Waals surface area contributed by atoms with Crippen molar-refractivity contribution in [3.8, 4) is 28.1 Å². The third-order valence-electron chi connectivity index (χ3n) is 11.9. The predicted molar refractivity (Wildman–Crippen MR) is 239 cm³/mol. The number of nitrogens with one attached hydrogen (secondary N) is 2. The molecular weight excluding hydrogens is 805 g/mol. The lowest BCUT2D eigenvalue weighted by Crippen LogP contribution is -2.60. The van der Waals surface area contributed by atoms with Gasteiger partial charge in [0.05, 0.1) is 32.1 Å². The van der Waals surface area contributed by atoms with Crippen molar-refractivity contribution >= 4 is 35.3 Å². The Hall–Kier alpha value is -5.51. The van der Waals surface area contributed by atoms with Gasteiger partial charge in [-0.25, -0.2) is 10.2 Å². The quantitative estimate of drug-likeness (QED) is 0.0944. The van der Waals surface area contributed by atoms with Crippen LogP contribution in [-0.4, -0.2) is 114 Å². The van der Waals surface area contributed by atoms with Gasteiger partial charge in [-0.3, -0.25) is 29.3 Å². The summed E-state index contributed by atoms with van der Waals surface area (Å²) in [6.45, 7) is 15.0. The Kier molecular flexibility index (Phi) is 15.5. The summed E-state index contributed by atoms with van der Waals surface area (Å²) in [5.41, 5.74) is 10.0. The van der Waals surface area contributed by atoms with Gasteiger partial charge in [0, 0.05) is 80.4 Å². The summed E-state index contributed by atoms with van der Waals surface area (Å²) in [6.07, 6.45) is 5.52. The lowest BCUT2D eigenvalue weighted by Gasteiger charge is -2.36. The molecule has 0 bridgehead atoms. The van der Waals surface area contributed by atoms with E-state index in [1.54, 1.807) is 30.4 Å². The fraction of sp³-hybridized carbons (Fsp3) is 0.521. The minimum absolute atomic E-state index is 0.00187. The highest BCUT2D eigenvalue weighted by atomic mass is 16.6. The van der Waals surface area contributed by atoms with Crippen LogP contribution in [0.15, 0.2) is 54.9 Å².